The number of halogens is 1. The zero-order valence-corrected chi connectivity index (χ0v) is 17.4. The molecule has 0 unspecified atom stereocenters. The van der Waals surface area contributed by atoms with Gasteiger partial charge in [0, 0.05) is 37.5 Å². The normalized spacial score (nSPS) is 17.0. The Morgan fingerprint density at radius 3 is 2.41 bits per heavy atom. The molecule has 1 aromatic carbocycles. The highest BCUT2D eigenvalue weighted by Crippen LogP contribution is 2.33. The van der Waals surface area contributed by atoms with E-state index in [4.69, 9.17) is 16.6 Å². The molecule has 3 aromatic rings. The summed E-state index contributed by atoms with van der Waals surface area (Å²) in [5.41, 5.74) is 2.20. The molecule has 3 heterocycles. The molecule has 5 nitrogen and oxygen atoms in total. The van der Waals surface area contributed by atoms with E-state index in [1.165, 1.54) is 11.3 Å². The third-order valence-corrected chi connectivity index (χ3v) is 6.83. The van der Waals surface area contributed by atoms with Crippen molar-refractivity contribution in [3.63, 3.8) is 0 Å². The lowest BCUT2D eigenvalue weighted by molar-refractivity contribution is -0.134. The van der Waals surface area contributed by atoms with Crippen molar-refractivity contribution in [1.82, 2.24) is 14.8 Å². The third-order valence-electron chi connectivity index (χ3n) is 5.58. The second-order valence-corrected chi connectivity index (χ2v) is 9.28. The van der Waals surface area contributed by atoms with Crippen molar-refractivity contribution < 1.29 is 9.59 Å². The van der Waals surface area contributed by atoms with Gasteiger partial charge >= 0.3 is 0 Å². The molecule has 1 aliphatic carbocycles. The molecule has 0 radical (unpaired) electrons. The van der Waals surface area contributed by atoms with Gasteiger partial charge in [0.2, 0.25) is 5.91 Å². The highest BCUT2D eigenvalue weighted by molar-refractivity contribution is 7.19. The standard InChI is InChI=1S/C22H20ClN3O2S/c23-20-8-7-19(29-20)18-13-16(15-3-1-2-4-17(15)24-18)22(28)26-11-9-25(10-12-26)21(27)14-5-6-14/h1-4,7-8,13-14H,5-6,9-12H2. The van der Waals surface area contributed by atoms with Gasteiger partial charge in [-0.25, -0.2) is 4.98 Å². The average Bonchev–Trinajstić information content (AvgIpc) is 3.52. The van der Waals surface area contributed by atoms with Crippen molar-refractivity contribution in [3.8, 4) is 10.6 Å². The van der Waals surface area contributed by atoms with Gasteiger partial charge in [0.25, 0.3) is 5.91 Å². The summed E-state index contributed by atoms with van der Waals surface area (Å²) in [5, 5.41) is 0.848. The fraction of sp³-hybridized carbons (Fsp3) is 0.318. The van der Waals surface area contributed by atoms with Crippen LogP contribution in [0.3, 0.4) is 0 Å². The molecular formula is C22H20ClN3O2S. The van der Waals surface area contributed by atoms with E-state index in [1.54, 1.807) is 0 Å². The molecule has 2 aliphatic rings. The SMILES string of the molecule is O=C(c1cc(-c2ccc(Cl)s2)nc2ccccc12)N1CCN(C(=O)C2CC2)CC1. The number of thiophene rings is 1. The van der Waals surface area contributed by atoms with Crippen LogP contribution in [0.4, 0.5) is 0 Å². The molecule has 0 atom stereocenters. The number of nitrogens with zero attached hydrogens (tertiary/aromatic N) is 3. The molecule has 2 fully saturated rings. The van der Waals surface area contributed by atoms with E-state index in [-0.39, 0.29) is 17.7 Å². The first-order valence-corrected chi connectivity index (χ1v) is 11.0. The Hall–Kier alpha value is -2.44. The Balaban J connectivity index is 1.44. The van der Waals surface area contributed by atoms with Gasteiger partial charge in [-0.3, -0.25) is 9.59 Å². The number of carbonyl (C=O) groups is 2. The quantitative estimate of drug-likeness (QED) is 0.628. The Morgan fingerprint density at radius 2 is 1.72 bits per heavy atom. The van der Waals surface area contributed by atoms with Crippen molar-refractivity contribution >= 4 is 45.7 Å². The first kappa shape index (κ1) is 18.6. The number of rotatable bonds is 3. The van der Waals surface area contributed by atoms with Crippen molar-refractivity contribution in [2.45, 2.75) is 12.8 Å². The summed E-state index contributed by atoms with van der Waals surface area (Å²) >= 11 is 7.55. The van der Waals surface area contributed by atoms with E-state index >= 15 is 0 Å². The Bertz CT molecular complexity index is 1100. The number of fused-ring (bicyclic) bond motifs is 1. The summed E-state index contributed by atoms with van der Waals surface area (Å²) in [5.74, 6) is 0.468. The number of para-hydroxylation sites is 1. The lowest BCUT2D eigenvalue weighted by atomic mass is 10.1. The number of hydrogen-bond acceptors (Lipinski definition) is 4. The fourth-order valence-electron chi connectivity index (χ4n) is 3.82. The van der Waals surface area contributed by atoms with Crippen LogP contribution in [0.25, 0.3) is 21.5 Å². The van der Waals surface area contributed by atoms with Crippen molar-refractivity contribution in [1.29, 1.82) is 0 Å². The first-order chi connectivity index (χ1) is 14.1. The van der Waals surface area contributed by atoms with Crippen LogP contribution in [0.1, 0.15) is 23.2 Å². The van der Waals surface area contributed by atoms with E-state index < -0.39 is 0 Å². The summed E-state index contributed by atoms with van der Waals surface area (Å²) in [7, 11) is 0. The molecule has 0 N–H and O–H groups in total. The topological polar surface area (TPSA) is 53.5 Å². The number of pyridine rings is 1. The summed E-state index contributed by atoms with van der Waals surface area (Å²) in [4.78, 5) is 35.1. The van der Waals surface area contributed by atoms with Crippen LogP contribution >= 0.6 is 22.9 Å². The van der Waals surface area contributed by atoms with Crippen LogP contribution in [0.5, 0.6) is 0 Å². The predicted octanol–water partition coefficient (Wildman–Crippen LogP) is 4.31. The number of hydrogen-bond donors (Lipinski definition) is 0. The second kappa shape index (κ2) is 7.43. The number of amides is 2. The first-order valence-electron chi connectivity index (χ1n) is 9.84. The highest BCUT2D eigenvalue weighted by atomic mass is 35.5. The number of aromatic nitrogens is 1. The van der Waals surface area contributed by atoms with Gasteiger partial charge in [0.1, 0.15) is 0 Å². The number of carbonyl (C=O) groups excluding carboxylic acids is 2. The molecule has 1 saturated heterocycles. The summed E-state index contributed by atoms with van der Waals surface area (Å²) < 4.78 is 0.694. The van der Waals surface area contributed by atoms with Gasteiger partial charge in [0.15, 0.2) is 0 Å². The molecule has 1 saturated carbocycles. The minimum atomic E-state index is -0.00831. The van der Waals surface area contributed by atoms with Gasteiger partial charge in [-0.1, -0.05) is 29.8 Å². The molecule has 148 valence electrons. The minimum Gasteiger partial charge on any atom is -0.339 e. The highest BCUT2D eigenvalue weighted by Gasteiger charge is 2.35. The maximum absolute atomic E-state index is 13.4. The van der Waals surface area contributed by atoms with E-state index in [0.29, 0.717) is 36.1 Å². The van der Waals surface area contributed by atoms with Crippen molar-refractivity contribution in [2.75, 3.05) is 26.2 Å². The van der Waals surface area contributed by atoms with Crippen molar-refractivity contribution in [2.24, 2.45) is 5.92 Å². The molecule has 1 aliphatic heterocycles. The van der Waals surface area contributed by atoms with Crippen molar-refractivity contribution in [3.05, 3.63) is 52.4 Å². The summed E-state index contributed by atoms with van der Waals surface area (Å²) in [6.07, 6.45) is 2.02. The van der Waals surface area contributed by atoms with Crippen LogP contribution in [-0.2, 0) is 4.79 Å². The average molecular weight is 426 g/mol. The second-order valence-electron chi connectivity index (χ2n) is 7.57. The number of piperazine rings is 1. The zero-order valence-electron chi connectivity index (χ0n) is 15.8. The van der Waals surface area contributed by atoms with Gasteiger partial charge < -0.3 is 9.80 Å². The maximum atomic E-state index is 13.4. The molecule has 5 rings (SSSR count). The van der Waals surface area contributed by atoms with Crippen LogP contribution in [-0.4, -0.2) is 52.8 Å². The maximum Gasteiger partial charge on any atom is 0.254 e. The number of benzene rings is 1. The third kappa shape index (κ3) is 3.63. The Kier molecular flexibility index (Phi) is 4.76. The lowest BCUT2D eigenvalue weighted by Crippen LogP contribution is -2.51. The van der Waals surface area contributed by atoms with Crippen LogP contribution in [0.15, 0.2) is 42.5 Å². The smallest absolute Gasteiger partial charge is 0.254 e. The molecule has 0 spiro atoms. The largest absolute Gasteiger partial charge is 0.339 e. The van der Waals surface area contributed by atoms with Crippen LogP contribution < -0.4 is 0 Å². The molecule has 2 amide bonds. The van der Waals surface area contributed by atoms with Crippen LogP contribution in [0.2, 0.25) is 4.34 Å². The van der Waals surface area contributed by atoms with E-state index in [9.17, 15) is 9.59 Å². The molecule has 7 heteroatoms. The van der Waals surface area contributed by atoms with Gasteiger partial charge in [0.05, 0.1) is 26.0 Å². The predicted molar refractivity (Wildman–Crippen MR) is 115 cm³/mol. The molecule has 0 bridgehead atoms. The van der Waals surface area contributed by atoms with Gasteiger partial charge in [-0.15, -0.1) is 11.3 Å². The monoisotopic (exact) mass is 425 g/mol. The Labute approximate surface area is 177 Å². The van der Waals surface area contributed by atoms with Crippen LogP contribution in [0, 0.1) is 5.92 Å². The molecular weight excluding hydrogens is 406 g/mol. The lowest BCUT2D eigenvalue weighted by Gasteiger charge is -2.35. The van der Waals surface area contributed by atoms with Gasteiger partial charge in [-0.05, 0) is 37.1 Å². The van der Waals surface area contributed by atoms with E-state index in [2.05, 4.69) is 0 Å². The summed E-state index contributed by atoms with van der Waals surface area (Å²) in [6.45, 7) is 2.34. The minimum absolute atomic E-state index is 0.00831. The van der Waals surface area contributed by atoms with E-state index in [0.717, 1.165) is 34.3 Å². The summed E-state index contributed by atoms with van der Waals surface area (Å²) in [6, 6.07) is 13.4. The zero-order chi connectivity index (χ0) is 20.0. The fourth-order valence-corrected chi connectivity index (χ4v) is 4.82. The molecule has 2 aromatic heterocycles. The Morgan fingerprint density at radius 1 is 1.00 bits per heavy atom. The van der Waals surface area contributed by atoms with Gasteiger partial charge in [-0.2, -0.15) is 0 Å². The van der Waals surface area contributed by atoms with E-state index in [1.807, 2.05) is 52.3 Å². The molecule has 29 heavy (non-hydrogen) atoms.